The molecule has 0 heterocycles. The van der Waals surface area contributed by atoms with Gasteiger partial charge < -0.3 is 10.6 Å². The summed E-state index contributed by atoms with van der Waals surface area (Å²) in [5.74, 6) is 0. The van der Waals surface area contributed by atoms with Crippen molar-refractivity contribution < 1.29 is 4.79 Å². The van der Waals surface area contributed by atoms with Gasteiger partial charge in [-0.25, -0.2) is 4.79 Å². The van der Waals surface area contributed by atoms with Crippen molar-refractivity contribution >= 4 is 17.4 Å². The molecule has 3 N–H and O–H groups in total. The maximum atomic E-state index is 11.9. The van der Waals surface area contributed by atoms with Crippen molar-refractivity contribution in [2.75, 3.05) is 17.2 Å². The zero-order chi connectivity index (χ0) is 15.8. The van der Waals surface area contributed by atoms with Gasteiger partial charge in [0, 0.05) is 17.4 Å². The second-order valence-electron chi connectivity index (χ2n) is 4.83. The van der Waals surface area contributed by atoms with E-state index < -0.39 is 0 Å². The fourth-order valence-electron chi connectivity index (χ4n) is 1.99. The zero-order valence-corrected chi connectivity index (χ0v) is 12.3. The highest BCUT2D eigenvalue weighted by Crippen LogP contribution is 2.16. The fraction of sp³-hybridized carbons (Fsp3) is 0.176. The molecular formula is C17H18N4O. The van der Waals surface area contributed by atoms with Crippen LogP contribution in [0, 0.1) is 11.3 Å². The Bertz CT molecular complexity index is 647. The number of nitriles is 1. The molecule has 5 nitrogen and oxygen atoms in total. The number of hydrogen-bond acceptors (Lipinski definition) is 3. The number of carbonyl (C=O) groups excluding carboxylic acids is 1. The lowest BCUT2D eigenvalue weighted by atomic mass is 10.1. The molecule has 2 rings (SSSR count). The van der Waals surface area contributed by atoms with E-state index in [1.807, 2.05) is 61.5 Å². The number of urea groups is 1. The Balaban J connectivity index is 1.91. The van der Waals surface area contributed by atoms with Gasteiger partial charge in [-0.15, -0.1) is 0 Å². The highest BCUT2D eigenvalue weighted by atomic mass is 16.2. The van der Waals surface area contributed by atoms with Crippen LogP contribution in [0.15, 0.2) is 54.6 Å². The Labute approximate surface area is 130 Å². The molecule has 0 fully saturated rings. The molecule has 112 valence electrons. The largest absolute Gasteiger partial charge is 0.323 e. The predicted molar refractivity (Wildman–Crippen MR) is 87.6 cm³/mol. The number of hydrogen-bond donors (Lipinski definition) is 3. The van der Waals surface area contributed by atoms with Crippen LogP contribution in [0.5, 0.6) is 0 Å². The molecule has 0 saturated carbocycles. The number of carbonyl (C=O) groups is 1. The van der Waals surface area contributed by atoms with Gasteiger partial charge in [-0.2, -0.15) is 5.26 Å². The SMILES string of the molecule is C[C@H](NCC#N)c1ccc(NC(=O)Nc2ccccc2)cc1. The van der Waals surface area contributed by atoms with Gasteiger partial charge in [-0.1, -0.05) is 30.3 Å². The Morgan fingerprint density at radius 3 is 2.23 bits per heavy atom. The first-order valence-corrected chi connectivity index (χ1v) is 7.02. The highest BCUT2D eigenvalue weighted by molar-refractivity contribution is 5.99. The molecule has 0 radical (unpaired) electrons. The van der Waals surface area contributed by atoms with Gasteiger partial charge >= 0.3 is 6.03 Å². The Hall–Kier alpha value is -2.84. The van der Waals surface area contributed by atoms with Crippen molar-refractivity contribution in [3.8, 4) is 6.07 Å². The number of anilines is 2. The van der Waals surface area contributed by atoms with E-state index in [1.54, 1.807) is 0 Å². The van der Waals surface area contributed by atoms with Crippen molar-refractivity contribution in [1.82, 2.24) is 5.32 Å². The topological polar surface area (TPSA) is 77.0 Å². The van der Waals surface area contributed by atoms with Crippen molar-refractivity contribution in [2.24, 2.45) is 0 Å². The second-order valence-corrected chi connectivity index (χ2v) is 4.83. The molecule has 2 aromatic rings. The first-order valence-electron chi connectivity index (χ1n) is 7.02. The summed E-state index contributed by atoms with van der Waals surface area (Å²) in [4.78, 5) is 11.9. The van der Waals surface area contributed by atoms with Crippen molar-refractivity contribution in [3.63, 3.8) is 0 Å². The van der Waals surface area contributed by atoms with Crippen LogP contribution in [0.2, 0.25) is 0 Å². The summed E-state index contributed by atoms with van der Waals surface area (Å²) in [5.41, 5.74) is 2.51. The standard InChI is InChI=1S/C17H18N4O/c1-13(19-12-11-18)14-7-9-16(10-8-14)21-17(22)20-15-5-3-2-4-6-15/h2-10,13,19H,12H2,1H3,(H2,20,21,22)/t13-/m0/s1. The highest BCUT2D eigenvalue weighted by Gasteiger charge is 2.06. The van der Waals surface area contributed by atoms with Crippen molar-refractivity contribution in [1.29, 1.82) is 5.26 Å². The molecule has 0 unspecified atom stereocenters. The van der Waals surface area contributed by atoms with Gasteiger partial charge in [-0.05, 0) is 36.8 Å². The molecule has 0 aliphatic carbocycles. The summed E-state index contributed by atoms with van der Waals surface area (Å²) in [6.07, 6.45) is 0. The summed E-state index contributed by atoms with van der Waals surface area (Å²) >= 11 is 0. The molecule has 0 aliphatic rings. The third-order valence-electron chi connectivity index (χ3n) is 3.19. The van der Waals surface area contributed by atoms with E-state index in [0.29, 0.717) is 12.2 Å². The van der Waals surface area contributed by atoms with Gasteiger partial charge in [-0.3, -0.25) is 5.32 Å². The lowest BCUT2D eigenvalue weighted by Crippen LogP contribution is -2.20. The first-order chi connectivity index (χ1) is 10.7. The summed E-state index contributed by atoms with van der Waals surface area (Å²) in [5, 5.41) is 17.2. The van der Waals surface area contributed by atoms with Gasteiger partial charge in [0.25, 0.3) is 0 Å². The van der Waals surface area contributed by atoms with Crippen LogP contribution < -0.4 is 16.0 Å². The number of amides is 2. The van der Waals surface area contributed by atoms with Crippen LogP contribution in [0.25, 0.3) is 0 Å². The Morgan fingerprint density at radius 2 is 1.64 bits per heavy atom. The molecule has 0 saturated heterocycles. The minimum Gasteiger partial charge on any atom is -0.308 e. The molecule has 22 heavy (non-hydrogen) atoms. The van der Waals surface area contributed by atoms with Gasteiger partial charge in [0.2, 0.25) is 0 Å². The molecule has 1 atom stereocenters. The smallest absolute Gasteiger partial charge is 0.308 e. The number of benzene rings is 2. The van der Waals surface area contributed by atoms with Crippen LogP contribution in [-0.4, -0.2) is 12.6 Å². The molecule has 0 aliphatic heterocycles. The maximum Gasteiger partial charge on any atom is 0.323 e. The maximum absolute atomic E-state index is 11.9. The summed E-state index contributed by atoms with van der Waals surface area (Å²) in [7, 11) is 0. The molecule has 0 spiro atoms. The monoisotopic (exact) mass is 294 g/mol. The molecule has 5 heteroatoms. The van der Waals surface area contributed by atoms with E-state index >= 15 is 0 Å². The Morgan fingerprint density at radius 1 is 1.05 bits per heavy atom. The number of rotatable bonds is 5. The number of para-hydroxylation sites is 1. The Kier molecular flexibility index (Phi) is 5.52. The fourth-order valence-corrected chi connectivity index (χ4v) is 1.99. The molecule has 0 bridgehead atoms. The van der Waals surface area contributed by atoms with Crippen molar-refractivity contribution in [3.05, 3.63) is 60.2 Å². The zero-order valence-electron chi connectivity index (χ0n) is 12.3. The lowest BCUT2D eigenvalue weighted by Gasteiger charge is -2.13. The van der Waals surface area contributed by atoms with E-state index in [1.165, 1.54) is 0 Å². The van der Waals surface area contributed by atoms with Gasteiger partial charge in [0.1, 0.15) is 0 Å². The molecular weight excluding hydrogens is 276 g/mol. The predicted octanol–water partition coefficient (Wildman–Crippen LogP) is 3.50. The van der Waals surface area contributed by atoms with Crippen LogP contribution in [0.3, 0.4) is 0 Å². The second kappa shape index (κ2) is 7.81. The van der Waals surface area contributed by atoms with E-state index in [9.17, 15) is 4.79 Å². The minimum absolute atomic E-state index is 0.0897. The van der Waals surface area contributed by atoms with E-state index in [4.69, 9.17) is 5.26 Å². The summed E-state index contributed by atoms with van der Waals surface area (Å²) in [6, 6.07) is 18.6. The van der Waals surface area contributed by atoms with Gasteiger partial charge in [0.05, 0.1) is 12.6 Å². The molecule has 2 amide bonds. The van der Waals surface area contributed by atoms with Gasteiger partial charge in [0.15, 0.2) is 0 Å². The lowest BCUT2D eigenvalue weighted by molar-refractivity contribution is 0.262. The van der Waals surface area contributed by atoms with Crippen LogP contribution in [0.1, 0.15) is 18.5 Å². The van der Waals surface area contributed by atoms with Crippen LogP contribution in [0.4, 0.5) is 16.2 Å². The van der Waals surface area contributed by atoms with E-state index in [2.05, 4.69) is 22.0 Å². The van der Waals surface area contributed by atoms with Crippen molar-refractivity contribution in [2.45, 2.75) is 13.0 Å². The summed E-state index contributed by atoms with van der Waals surface area (Å²) < 4.78 is 0. The van der Waals surface area contributed by atoms with Crippen LogP contribution in [-0.2, 0) is 0 Å². The quantitative estimate of drug-likeness (QED) is 0.739. The van der Waals surface area contributed by atoms with E-state index in [0.717, 1.165) is 11.3 Å². The third kappa shape index (κ3) is 4.62. The normalized spacial score (nSPS) is 11.3. The van der Waals surface area contributed by atoms with Crippen LogP contribution >= 0.6 is 0 Å². The average Bonchev–Trinajstić information content (AvgIpc) is 2.54. The average molecular weight is 294 g/mol. The third-order valence-corrected chi connectivity index (χ3v) is 3.19. The van der Waals surface area contributed by atoms with E-state index in [-0.39, 0.29) is 12.1 Å². The number of nitrogens with one attached hydrogen (secondary N) is 3. The summed E-state index contributed by atoms with van der Waals surface area (Å²) in [6.45, 7) is 2.29. The molecule has 2 aromatic carbocycles. The first kappa shape index (κ1) is 15.5. The minimum atomic E-state index is -0.283. The molecule has 0 aromatic heterocycles. The number of nitrogens with zero attached hydrogens (tertiary/aromatic N) is 1.